The highest BCUT2D eigenvalue weighted by Gasteiger charge is 2.25. The number of hydrogen-bond acceptors (Lipinski definition) is 4. The van der Waals surface area contributed by atoms with E-state index in [2.05, 4.69) is 10.0 Å². The van der Waals surface area contributed by atoms with Gasteiger partial charge in [0.05, 0.1) is 4.90 Å². The summed E-state index contributed by atoms with van der Waals surface area (Å²) in [5.41, 5.74) is 1.74. The standard InChI is InChI=1S/C15H21N3O3S.ClH/c1-11(19)18-8-6-12-4-5-14(9-15(12)18)22(20,21)17-10-13-3-2-7-16-13;/h4-5,9,13,16-17H,2-3,6-8,10H2,1H3;1H. The molecule has 0 bridgehead atoms. The van der Waals surface area contributed by atoms with Crippen LogP contribution in [0.3, 0.4) is 0 Å². The summed E-state index contributed by atoms with van der Waals surface area (Å²) in [7, 11) is -3.55. The summed E-state index contributed by atoms with van der Waals surface area (Å²) in [4.78, 5) is 13.5. The minimum absolute atomic E-state index is 0. The minimum atomic E-state index is -3.55. The summed E-state index contributed by atoms with van der Waals surface area (Å²) in [5.74, 6) is -0.0589. The van der Waals surface area contributed by atoms with Gasteiger partial charge >= 0.3 is 0 Å². The zero-order valence-electron chi connectivity index (χ0n) is 13.0. The summed E-state index contributed by atoms with van der Waals surface area (Å²) in [6.07, 6.45) is 2.85. The van der Waals surface area contributed by atoms with E-state index in [1.165, 1.54) is 6.92 Å². The largest absolute Gasteiger partial charge is 0.313 e. The second kappa shape index (κ2) is 7.17. The van der Waals surface area contributed by atoms with Crippen LogP contribution in [-0.4, -0.2) is 40.0 Å². The van der Waals surface area contributed by atoms with E-state index >= 15 is 0 Å². The number of sulfonamides is 1. The quantitative estimate of drug-likeness (QED) is 0.842. The summed E-state index contributed by atoms with van der Waals surface area (Å²) >= 11 is 0. The fourth-order valence-electron chi connectivity index (χ4n) is 3.08. The molecule has 1 aromatic rings. The van der Waals surface area contributed by atoms with Gasteiger partial charge in [-0.1, -0.05) is 6.07 Å². The number of carbonyl (C=O) groups excluding carboxylic acids is 1. The summed E-state index contributed by atoms with van der Waals surface area (Å²) in [6, 6.07) is 5.24. The van der Waals surface area contributed by atoms with E-state index in [4.69, 9.17) is 0 Å². The van der Waals surface area contributed by atoms with Gasteiger partial charge in [-0.25, -0.2) is 13.1 Å². The number of hydrogen-bond donors (Lipinski definition) is 2. The Morgan fingerprint density at radius 1 is 1.43 bits per heavy atom. The average molecular weight is 360 g/mol. The molecule has 2 aliphatic heterocycles. The minimum Gasteiger partial charge on any atom is -0.313 e. The van der Waals surface area contributed by atoms with Gasteiger partial charge in [-0.3, -0.25) is 4.79 Å². The summed E-state index contributed by atoms with van der Waals surface area (Å²) in [5, 5.41) is 3.26. The molecule has 0 spiro atoms. The number of nitrogens with zero attached hydrogens (tertiary/aromatic N) is 1. The van der Waals surface area contributed by atoms with Crippen molar-refractivity contribution in [2.75, 3.05) is 24.5 Å². The Morgan fingerprint density at radius 3 is 2.87 bits per heavy atom. The van der Waals surface area contributed by atoms with Crippen molar-refractivity contribution in [1.82, 2.24) is 10.0 Å². The van der Waals surface area contributed by atoms with Crippen LogP contribution in [0.4, 0.5) is 5.69 Å². The highest BCUT2D eigenvalue weighted by Crippen LogP contribution is 2.30. The fraction of sp³-hybridized carbons (Fsp3) is 0.533. The van der Waals surface area contributed by atoms with Crippen molar-refractivity contribution in [2.45, 2.75) is 37.1 Å². The first-order valence-electron chi connectivity index (χ1n) is 7.61. The van der Waals surface area contributed by atoms with Gasteiger partial charge < -0.3 is 10.2 Å². The molecular weight excluding hydrogens is 338 g/mol. The van der Waals surface area contributed by atoms with Gasteiger partial charge in [-0.2, -0.15) is 0 Å². The maximum Gasteiger partial charge on any atom is 0.240 e. The predicted octanol–water partition coefficient (Wildman–Crippen LogP) is 1.05. The molecule has 1 saturated heterocycles. The van der Waals surface area contributed by atoms with Crippen LogP contribution in [0.5, 0.6) is 0 Å². The molecule has 6 nitrogen and oxygen atoms in total. The molecule has 8 heteroatoms. The van der Waals surface area contributed by atoms with Crippen LogP contribution in [0.1, 0.15) is 25.3 Å². The van der Waals surface area contributed by atoms with Gasteiger partial charge in [0.15, 0.2) is 0 Å². The predicted molar refractivity (Wildman–Crippen MR) is 91.6 cm³/mol. The van der Waals surface area contributed by atoms with Crippen molar-refractivity contribution in [3.8, 4) is 0 Å². The van der Waals surface area contributed by atoms with E-state index in [1.54, 1.807) is 23.1 Å². The third kappa shape index (κ3) is 3.85. The number of halogens is 1. The molecule has 1 unspecified atom stereocenters. The Morgan fingerprint density at radius 2 is 2.22 bits per heavy atom. The number of anilines is 1. The number of fused-ring (bicyclic) bond motifs is 1. The third-order valence-corrected chi connectivity index (χ3v) is 5.75. The van der Waals surface area contributed by atoms with Crippen LogP contribution in [0.15, 0.2) is 23.1 Å². The van der Waals surface area contributed by atoms with Gasteiger partial charge in [0.2, 0.25) is 15.9 Å². The lowest BCUT2D eigenvalue weighted by Gasteiger charge is -2.16. The molecule has 0 radical (unpaired) electrons. The smallest absolute Gasteiger partial charge is 0.240 e. The fourth-order valence-corrected chi connectivity index (χ4v) is 4.18. The average Bonchev–Trinajstić information content (AvgIpc) is 3.13. The normalized spacial score (nSPS) is 20.2. The van der Waals surface area contributed by atoms with E-state index in [-0.39, 0.29) is 29.3 Å². The van der Waals surface area contributed by atoms with Crippen molar-refractivity contribution in [1.29, 1.82) is 0 Å². The van der Waals surface area contributed by atoms with E-state index in [1.807, 2.05) is 0 Å². The topological polar surface area (TPSA) is 78.5 Å². The van der Waals surface area contributed by atoms with Gasteiger partial charge in [0.25, 0.3) is 0 Å². The molecule has 1 atom stereocenters. The van der Waals surface area contributed by atoms with E-state index in [9.17, 15) is 13.2 Å². The molecule has 1 fully saturated rings. The van der Waals surface area contributed by atoms with Gasteiger partial charge in [0, 0.05) is 31.7 Å². The highest BCUT2D eigenvalue weighted by molar-refractivity contribution is 7.89. The van der Waals surface area contributed by atoms with E-state index < -0.39 is 10.0 Å². The van der Waals surface area contributed by atoms with Crippen LogP contribution in [0, 0.1) is 0 Å². The summed E-state index contributed by atoms with van der Waals surface area (Å²) < 4.78 is 27.5. The van der Waals surface area contributed by atoms with Gasteiger partial charge in [0.1, 0.15) is 0 Å². The molecule has 2 N–H and O–H groups in total. The molecule has 2 heterocycles. The van der Waals surface area contributed by atoms with Gasteiger partial charge in [-0.05, 0) is 43.5 Å². The molecule has 128 valence electrons. The summed E-state index contributed by atoms with van der Waals surface area (Å²) in [6.45, 7) is 3.46. The van der Waals surface area contributed by atoms with Crippen LogP contribution in [-0.2, 0) is 21.2 Å². The Balaban J connectivity index is 0.00000192. The number of benzene rings is 1. The zero-order chi connectivity index (χ0) is 15.7. The monoisotopic (exact) mass is 359 g/mol. The number of rotatable bonds is 4. The lowest BCUT2D eigenvalue weighted by molar-refractivity contribution is -0.116. The second-order valence-corrected chi connectivity index (χ2v) is 7.62. The highest BCUT2D eigenvalue weighted by atomic mass is 35.5. The SMILES string of the molecule is CC(=O)N1CCc2ccc(S(=O)(=O)NCC3CCCN3)cc21.Cl. The van der Waals surface area contributed by atoms with Crippen LogP contribution >= 0.6 is 12.4 Å². The van der Waals surface area contributed by atoms with Crippen molar-refractivity contribution in [2.24, 2.45) is 0 Å². The first kappa shape index (κ1) is 18.2. The molecule has 0 aliphatic carbocycles. The Kier molecular flexibility index (Phi) is 5.67. The van der Waals surface area contributed by atoms with Crippen molar-refractivity contribution in [3.05, 3.63) is 23.8 Å². The van der Waals surface area contributed by atoms with Crippen molar-refractivity contribution < 1.29 is 13.2 Å². The Labute approximate surface area is 143 Å². The van der Waals surface area contributed by atoms with E-state index in [0.29, 0.717) is 13.1 Å². The first-order valence-corrected chi connectivity index (χ1v) is 9.10. The molecular formula is C15H22ClN3O3S. The van der Waals surface area contributed by atoms with Crippen LogP contribution in [0.2, 0.25) is 0 Å². The van der Waals surface area contributed by atoms with Crippen LogP contribution in [0.25, 0.3) is 0 Å². The van der Waals surface area contributed by atoms with Crippen molar-refractivity contribution >= 4 is 34.0 Å². The number of carbonyl (C=O) groups is 1. The van der Waals surface area contributed by atoms with Gasteiger partial charge in [-0.15, -0.1) is 12.4 Å². The molecule has 2 aliphatic rings. The first-order chi connectivity index (χ1) is 10.5. The van der Waals surface area contributed by atoms with E-state index in [0.717, 1.165) is 37.1 Å². The number of nitrogens with one attached hydrogen (secondary N) is 2. The Bertz CT molecular complexity index is 687. The maximum atomic E-state index is 12.4. The molecule has 1 aromatic carbocycles. The van der Waals surface area contributed by atoms with Crippen molar-refractivity contribution in [3.63, 3.8) is 0 Å². The zero-order valence-corrected chi connectivity index (χ0v) is 14.7. The Hall–Kier alpha value is -1.15. The molecule has 3 rings (SSSR count). The second-order valence-electron chi connectivity index (χ2n) is 5.86. The maximum absolute atomic E-state index is 12.4. The van der Waals surface area contributed by atoms with Crippen LogP contribution < -0.4 is 14.9 Å². The molecule has 0 saturated carbocycles. The third-order valence-electron chi connectivity index (χ3n) is 4.32. The molecule has 1 amide bonds. The number of amides is 1. The molecule has 0 aromatic heterocycles. The molecule has 23 heavy (non-hydrogen) atoms. The lowest BCUT2D eigenvalue weighted by Crippen LogP contribution is -2.37. The lowest BCUT2D eigenvalue weighted by atomic mass is 10.2.